The molecule has 0 spiro atoms. The molecule has 0 amide bonds. The molecule has 0 fully saturated rings. The van der Waals surface area contributed by atoms with Gasteiger partial charge in [0.05, 0.1) is 6.42 Å². The summed E-state index contributed by atoms with van der Waals surface area (Å²) >= 11 is 0. The summed E-state index contributed by atoms with van der Waals surface area (Å²) in [4.78, 5) is 33.9. The van der Waals surface area contributed by atoms with E-state index in [0.29, 0.717) is 5.56 Å². The van der Waals surface area contributed by atoms with Crippen molar-refractivity contribution < 1.29 is 29.0 Å². The van der Waals surface area contributed by atoms with Gasteiger partial charge in [0.2, 0.25) is 0 Å². The highest BCUT2D eigenvalue weighted by molar-refractivity contribution is 5.88. The van der Waals surface area contributed by atoms with Crippen molar-refractivity contribution in [1.29, 1.82) is 0 Å². The summed E-state index contributed by atoms with van der Waals surface area (Å²) < 4.78 is 9.99. The molecule has 0 heterocycles. The predicted molar refractivity (Wildman–Crippen MR) is 69.0 cm³/mol. The zero-order valence-corrected chi connectivity index (χ0v) is 11.2. The molecule has 2 atom stereocenters. The van der Waals surface area contributed by atoms with Gasteiger partial charge in [-0.3, -0.25) is 9.59 Å². The van der Waals surface area contributed by atoms with Crippen LogP contribution in [0, 0.1) is 0 Å². The zero-order chi connectivity index (χ0) is 15.1. The van der Waals surface area contributed by atoms with Gasteiger partial charge in [0, 0.05) is 7.11 Å². The molecule has 1 aromatic carbocycles. The SMILES string of the molecule is COC(C(=O)OC(CC(=O)O)C(C)=O)c1ccccc1. The Balaban J connectivity index is 2.81. The first-order chi connectivity index (χ1) is 9.45. The number of ketones is 1. The fourth-order valence-corrected chi connectivity index (χ4v) is 1.63. The molecule has 6 nitrogen and oxygen atoms in total. The van der Waals surface area contributed by atoms with E-state index in [0.717, 1.165) is 0 Å². The lowest BCUT2D eigenvalue weighted by Gasteiger charge is -2.18. The number of carbonyl (C=O) groups excluding carboxylic acids is 2. The van der Waals surface area contributed by atoms with E-state index in [1.54, 1.807) is 30.3 Å². The number of carbonyl (C=O) groups is 3. The first-order valence-corrected chi connectivity index (χ1v) is 5.96. The Bertz CT molecular complexity index is 482. The van der Waals surface area contributed by atoms with Crippen molar-refractivity contribution in [3.8, 4) is 0 Å². The number of methoxy groups -OCH3 is 1. The smallest absolute Gasteiger partial charge is 0.340 e. The molecular formula is C14H16O6. The van der Waals surface area contributed by atoms with Gasteiger partial charge in [-0.15, -0.1) is 0 Å². The summed E-state index contributed by atoms with van der Waals surface area (Å²) in [6.07, 6.45) is -2.86. The summed E-state index contributed by atoms with van der Waals surface area (Å²) in [6, 6.07) is 8.60. The van der Waals surface area contributed by atoms with Gasteiger partial charge in [-0.1, -0.05) is 30.3 Å². The normalized spacial score (nSPS) is 13.3. The quantitative estimate of drug-likeness (QED) is 0.758. The van der Waals surface area contributed by atoms with E-state index in [2.05, 4.69) is 0 Å². The number of ether oxygens (including phenoxy) is 2. The maximum atomic E-state index is 12.0. The lowest BCUT2D eigenvalue weighted by molar-refractivity contribution is -0.167. The molecule has 20 heavy (non-hydrogen) atoms. The van der Waals surface area contributed by atoms with Gasteiger partial charge in [0.25, 0.3) is 0 Å². The number of aliphatic carboxylic acids is 1. The first-order valence-electron chi connectivity index (χ1n) is 5.96. The number of esters is 1. The van der Waals surface area contributed by atoms with E-state index in [1.165, 1.54) is 14.0 Å². The molecule has 0 aliphatic carbocycles. The van der Waals surface area contributed by atoms with Crippen molar-refractivity contribution in [3.63, 3.8) is 0 Å². The van der Waals surface area contributed by atoms with Crippen molar-refractivity contribution in [3.05, 3.63) is 35.9 Å². The van der Waals surface area contributed by atoms with Gasteiger partial charge >= 0.3 is 11.9 Å². The van der Waals surface area contributed by atoms with Gasteiger partial charge in [-0.25, -0.2) is 4.79 Å². The van der Waals surface area contributed by atoms with Crippen molar-refractivity contribution in [2.45, 2.75) is 25.6 Å². The summed E-state index contributed by atoms with van der Waals surface area (Å²) in [6.45, 7) is 1.17. The standard InChI is InChI=1S/C14H16O6/c1-9(15)11(8-12(16)17)20-14(18)13(19-2)10-6-4-3-5-7-10/h3-7,11,13H,8H2,1-2H3,(H,16,17). The molecule has 0 saturated carbocycles. The summed E-state index contributed by atoms with van der Waals surface area (Å²) in [5, 5.41) is 8.68. The maximum Gasteiger partial charge on any atom is 0.340 e. The minimum absolute atomic E-state index is 0.524. The van der Waals surface area contributed by atoms with Gasteiger partial charge in [-0.2, -0.15) is 0 Å². The zero-order valence-electron chi connectivity index (χ0n) is 11.2. The number of Topliss-reactive ketones (excluding diaryl/α,β-unsaturated/α-hetero) is 1. The summed E-state index contributed by atoms with van der Waals surface area (Å²) in [5.74, 6) is -2.53. The van der Waals surface area contributed by atoms with Crippen LogP contribution in [0.3, 0.4) is 0 Å². The van der Waals surface area contributed by atoms with Crippen molar-refractivity contribution in [2.75, 3.05) is 7.11 Å². The minimum atomic E-state index is -1.30. The third-order valence-corrected chi connectivity index (χ3v) is 2.62. The number of hydrogen-bond donors (Lipinski definition) is 1. The average molecular weight is 280 g/mol. The first kappa shape index (κ1) is 15.8. The second kappa shape index (κ2) is 7.40. The van der Waals surface area contributed by atoms with E-state index in [-0.39, 0.29) is 0 Å². The Morgan fingerprint density at radius 1 is 1.20 bits per heavy atom. The molecule has 0 bridgehead atoms. The molecular weight excluding hydrogens is 264 g/mol. The van der Waals surface area contributed by atoms with Crippen LogP contribution in [-0.4, -0.2) is 36.0 Å². The summed E-state index contributed by atoms with van der Waals surface area (Å²) in [5.41, 5.74) is 0.567. The Morgan fingerprint density at radius 3 is 2.25 bits per heavy atom. The van der Waals surface area contributed by atoms with Crippen molar-refractivity contribution in [1.82, 2.24) is 0 Å². The topological polar surface area (TPSA) is 89.9 Å². The fraction of sp³-hybridized carbons (Fsp3) is 0.357. The molecule has 2 unspecified atom stereocenters. The van der Waals surface area contributed by atoms with Crippen LogP contribution in [0.15, 0.2) is 30.3 Å². The van der Waals surface area contributed by atoms with Crippen molar-refractivity contribution >= 4 is 17.7 Å². The van der Waals surface area contributed by atoms with Crippen LogP contribution in [0.2, 0.25) is 0 Å². The monoisotopic (exact) mass is 280 g/mol. The molecule has 0 aromatic heterocycles. The molecule has 1 aromatic rings. The molecule has 1 rings (SSSR count). The van der Waals surface area contributed by atoms with Gasteiger partial charge < -0.3 is 14.6 Å². The van der Waals surface area contributed by atoms with Crippen LogP contribution in [0.5, 0.6) is 0 Å². The Labute approximate surface area is 116 Å². The third-order valence-electron chi connectivity index (χ3n) is 2.62. The second-order valence-electron chi connectivity index (χ2n) is 4.16. The highest BCUT2D eigenvalue weighted by Gasteiger charge is 2.28. The number of carboxylic acid groups (broad SMARTS) is 1. The lowest BCUT2D eigenvalue weighted by atomic mass is 10.1. The van der Waals surface area contributed by atoms with Crippen LogP contribution >= 0.6 is 0 Å². The van der Waals surface area contributed by atoms with E-state index in [9.17, 15) is 14.4 Å². The number of rotatable bonds is 7. The molecule has 0 radical (unpaired) electrons. The van der Waals surface area contributed by atoms with E-state index < -0.39 is 36.4 Å². The molecule has 0 aliphatic heterocycles. The lowest BCUT2D eigenvalue weighted by Crippen LogP contribution is -2.31. The Hall–Kier alpha value is -2.21. The van der Waals surface area contributed by atoms with Gasteiger partial charge in [0.1, 0.15) is 0 Å². The second-order valence-corrected chi connectivity index (χ2v) is 4.16. The largest absolute Gasteiger partial charge is 0.481 e. The number of benzene rings is 1. The number of carboxylic acids is 1. The van der Waals surface area contributed by atoms with Crippen molar-refractivity contribution in [2.24, 2.45) is 0 Å². The van der Waals surface area contributed by atoms with Crippen LogP contribution in [-0.2, 0) is 23.9 Å². The molecule has 0 aliphatic rings. The highest BCUT2D eigenvalue weighted by atomic mass is 16.6. The molecule has 6 heteroatoms. The van der Waals surface area contributed by atoms with Crippen LogP contribution in [0.25, 0.3) is 0 Å². The van der Waals surface area contributed by atoms with E-state index in [4.69, 9.17) is 14.6 Å². The minimum Gasteiger partial charge on any atom is -0.481 e. The number of hydrogen-bond acceptors (Lipinski definition) is 5. The van der Waals surface area contributed by atoms with Crippen LogP contribution in [0.1, 0.15) is 25.0 Å². The highest BCUT2D eigenvalue weighted by Crippen LogP contribution is 2.19. The van der Waals surface area contributed by atoms with Crippen LogP contribution in [0.4, 0.5) is 0 Å². The average Bonchev–Trinajstić information content (AvgIpc) is 2.39. The van der Waals surface area contributed by atoms with E-state index >= 15 is 0 Å². The fourth-order valence-electron chi connectivity index (χ4n) is 1.63. The predicted octanol–water partition coefficient (Wildman–Crippen LogP) is 1.35. The van der Waals surface area contributed by atoms with Crippen LogP contribution < -0.4 is 0 Å². The van der Waals surface area contributed by atoms with Gasteiger partial charge in [-0.05, 0) is 12.5 Å². The molecule has 108 valence electrons. The van der Waals surface area contributed by atoms with Gasteiger partial charge in [0.15, 0.2) is 18.0 Å². The molecule has 0 saturated heterocycles. The van der Waals surface area contributed by atoms with E-state index in [1.807, 2.05) is 0 Å². The molecule has 1 N–H and O–H groups in total. The maximum absolute atomic E-state index is 12.0. The third kappa shape index (κ3) is 4.47. The summed E-state index contributed by atoms with van der Waals surface area (Å²) in [7, 11) is 1.33. The Morgan fingerprint density at radius 2 is 1.80 bits per heavy atom. The Kier molecular flexibility index (Phi) is 5.86.